The molecule has 29 heavy (non-hydrogen) atoms. The molecule has 0 unspecified atom stereocenters. The molecule has 2 N–H and O–H groups in total. The van der Waals surface area contributed by atoms with Crippen LogP contribution < -0.4 is 5.73 Å². The number of rotatable bonds is 4. The van der Waals surface area contributed by atoms with E-state index in [1.54, 1.807) is 0 Å². The summed E-state index contributed by atoms with van der Waals surface area (Å²) < 4.78 is 84.2. The first-order valence-corrected chi connectivity index (χ1v) is 7.72. The molecule has 0 spiro atoms. The molecule has 2 aromatic heterocycles. The summed E-state index contributed by atoms with van der Waals surface area (Å²) in [7, 11) is 0. The molecule has 0 aliphatic rings. The van der Waals surface area contributed by atoms with Crippen molar-refractivity contribution in [2.45, 2.75) is 12.4 Å². The molecular formula is C17H10F6N4O2. The summed E-state index contributed by atoms with van der Waals surface area (Å²) in [5.74, 6) is -1.09. The summed E-state index contributed by atoms with van der Waals surface area (Å²) in [6, 6.07) is 2.50. The summed E-state index contributed by atoms with van der Waals surface area (Å²) in [6.07, 6.45) is -5.37. The molecule has 0 aliphatic heterocycles. The molecular weight excluding hydrogens is 406 g/mol. The van der Waals surface area contributed by atoms with E-state index in [9.17, 15) is 31.1 Å². The molecule has 0 atom stereocenters. The van der Waals surface area contributed by atoms with Crippen molar-refractivity contribution in [1.82, 2.24) is 14.8 Å². The van der Waals surface area contributed by atoms with Crippen LogP contribution >= 0.6 is 0 Å². The third-order valence-corrected chi connectivity index (χ3v) is 3.65. The van der Waals surface area contributed by atoms with Gasteiger partial charge in [0.15, 0.2) is 5.82 Å². The van der Waals surface area contributed by atoms with Crippen LogP contribution in [-0.2, 0) is 17.1 Å². The lowest BCUT2D eigenvalue weighted by Gasteiger charge is -2.13. The number of carbonyl (C=O) groups is 1. The summed E-state index contributed by atoms with van der Waals surface area (Å²) in [5.41, 5.74) is 1.89. The van der Waals surface area contributed by atoms with Gasteiger partial charge < -0.3 is 10.2 Å². The maximum absolute atomic E-state index is 13.0. The average molecular weight is 416 g/mol. The lowest BCUT2D eigenvalue weighted by atomic mass is 10.0. The number of aromatic nitrogens is 3. The number of nitrogens with two attached hydrogens (primary N) is 1. The molecule has 3 aromatic rings. The van der Waals surface area contributed by atoms with E-state index < -0.39 is 35.0 Å². The fourth-order valence-corrected chi connectivity index (χ4v) is 2.37. The summed E-state index contributed by atoms with van der Waals surface area (Å²) in [4.78, 5) is 14.6. The number of alkyl halides is 6. The van der Waals surface area contributed by atoms with Crippen molar-refractivity contribution in [3.63, 3.8) is 0 Å². The van der Waals surface area contributed by atoms with Crippen LogP contribution in [0, 0.1) is 0 Å². The van der Waals surface area contributed by atoms with Gasteiger partial charge in [0.2, 0.25) is 11.8 Å². The highest BCUT2D eigenvalue weighted by Gasteiger charge is 2.37. The molecule has 0 fully saturated rings. The van der Waals surface area contributed by atoms with E-state index in [4.69, 9.17) is 10.2 Å². The monoisotopic (exact) mass is 416 g/mol. The molecule has 0 saturated heterocycles. The molecule has 0 bridgehead atoms. The van der Waals surface area contributed by atoms with Crippen LogP contribution in [0.5, 0.6) is 0 Å². The van der Waals surface area contributed by atoms with Gasteiger partial charge in [-0.2, -0.15) is 31.0 Å². The minimum Gasteiger partial charge on any atom is -0.446 e. The highest BCUT2D eigenvalue weighted by Crippen LogP contribution is 2.38. The minimum atomic E-state index is -4.99. The van der Waals surface area contributed by atoms with E-state index in [-0.39, 0.29) is 17.8 Å². The summed E-state index contributed by atoms with van der Waals surface area (Å²) in [6.45, 7) is 0. The number of halogens is 6. The predicted octanol–water partition coefficient (Wildman–Crippen LogP) is 4.06. The van der Waals surface area contributed by atoms with E-state index in [0.29, 0.717) is 17.7 Å². The zero-order valence-electron chi connectivity index (χ0n) is 14.1. The molecule has 152 valence electrons. The summed E-state index contributed by atoms with van der Waals surface area (Å²) in [5, 5.41) is 3.88. The lowest BCUT2D eigenvalue weighted by Crippen LogP contribution is -2.11. The SMILES string of the molecule is NC(=O)/C=C/c1ccoc1-n1cnc(-c2cc(C(F)(F)F)cc(C(F)(F)F)c2)n1. The van der Waals surface area contributed by atoms with E-state index in [2.05, 4.69) is 10.1 Å². The second-order valence-corrected chi connectivity index (χ2v) is 5.72. The Balaban J connectivity index is 2.05. The first kappa shape index (κ1) is 20.2. The van der Waals surface area contributed by atoms with Crippen LogP contribution in [0.3, 0.4) is 0 Å². The minimum absolute atomic E-state index is 0.0136. The maximum atomic E-state index is 13.0. The maximum Gasteiger partial charge on any atom is 0.416 e. The van der Waals surface area contributed by atoms with Crippen molar-refractivity contribution in [2.24, 2.45) is 5.73 Å². The van der Waals surface area contributed by atoms with Gasteiger partial charge in [-0.3, -0.25) is 4.79 Å². The van der Waals surface area contributed by atoms with Crippen molar-refractivity contribution < 1.29 is 35.6 Å². The predicted molar refractivity (Wildman–Crippen MR) is 87.3 cm³/mol. The number of furan rings is 1. The van der Waals surface area contributed by atoms with Crippen molar-refractivity contribution in [3.8, 4) is 17.3 Å². The number of amides is 1. The number of hydrogen-bond acceptors (Lipinski definition) is 4. The van der Waals surface area contributed by atoms with Crippen LogP contribution in [0.25, 0.3) is 23.3 Å². The second kappa shape index (κ2) is 7.11. The fourth-order valence-electron chi connectivity index (χ4n) is 2.37. The molecule has 1 aromatic carbocycles. The Bertz CT molecular complexity index is 1050. The second-order valence-electron chi connectivity index (χ2n) is 5.72. The van der Waals surface area contributed by atoms with E-state index >= 15 is 0 Å². The molecule has 1 amide bonds. The smallest absolute Gasteiger partial charge is 0.416 e. The zero-order valence-corrected chi connectivity index (χ0v) is 14.1. The Morgan fingerprint density at radius 1 is 1.07 bits per heavy atom. The van der Waals surface area contributed by atoms with Crippen molar-refractivity contribution >= 4 is 12.0 Å². The number of hydrogen-bond donors (Lipinski definition) is 1. The Labute approximate surface area is 158 Å². The van der Waals surface area contributed by atoms with Crippen LogP contribution in [0.4, 0.5) is 26.3 Å². The largest absolute Gasteiger partial charge is 0.446 e. The van der Waals surface area contributed by atoms with Gasteiger partial charge >= 0.3 is 12.4 Å². The fraction of sp³-hybridized carbons (Fsp3) is 0.118. The van der Waals surface area contributed by atoms with Crippen LogP contribution in [0.15, 0.2) is 47.3 Å². The Hall–Kier alpha value is -3.57. The van der Waals surface area contributed by atoms with E-state index in [1.165, 1.54) is 18.4 Å². The topological polar surface area (TPSA) is 86.9 Å². The summed E-state index contributed by atoms with van der Waals surface area (Å²) >= 11 is 0. The van der Waals surface area contributed by atoms with Gasteiger partial charge in [-0.1, -0.05) is 0 Å². The van der Waals surface area contributed by atoms with Crippen molar-refractivity contribution in [2.75, 3.05) is 0 Å². The number of primary amides is 1. The van der Waals surface area contributed by atoms with E-state index in [0.717, 1.165) is 17.1 Å². The standard InChI is InChI=1S/C17H10F6N4O2/c18-16(19,20)11-5-10(6-12(7-11)17(21,22)23)14-25-8-27(26-14)15-9(3-4-29-15)1-2-13(24)28/h1-8H,(H2,24,28)/b2-1+. The van der Waals surface area contributed by atoms with Crippen LogP contribution in [-0.4, -0.2) is 20.7 Å². The van der Waals surface area contributed by atoms with Gasteiger partial charge in [0.05, 0.1) is 17.4 Å². The zero-order chi connectivity index (χ0) is 21.4. The average Bonchev–Trinajstić information content (AvgIpc) is 3.27. The van der Waals surface area contributed by atoms with Gasteiger partial charge in [-0.15, -0.1) is 5.10 Å². The number of carbonyl (C=O) groups excluding carboxylic acids is 1. The third kappa shape index (κ3) is 4.47. The Kier molecular flexibility index (Phi) is 4.95. The Morgan fingerprint density at radius 3 is 2.24 bits per heavy atom. The van der Waals surface area contributed by atoms with Crippen LogP contribution in [0.2, 0.25) is 0 Å². The lowest BCUT2D eigenvalue weighted by molar-refractivity contribution is -0.143. The molecule has 3 rings (SSSR count). The molecule has 0 saturated carbocycles. The van der Waals surface area contributed by atoms with Gasteiger partial charge in [-0.25, -0.2) is 4.98 Å². The normalized spacial score (nSPS) is 12.6. The number of benzene rings is 1. The molecule has 0 aliphatic carbocycles. The molecule has 12 heteroatoms. The van der Waals surface area contributed by atoms with Crippen LogP contribution in [0.1, 0.15) is 16.7 Å². The molecule has 0 radical (unpaired) electrons. The third-order valence-electron chi connectivity index (χ3n) is 3.65. The first-order valence-electron chi connectivity index (χ1n) is 7.72. The first-order chi connectivity index (χ1) is 13.4. The van der Waals surface area contributed by atoms with Gasteiger partial charge in [-0.05, 0) is 30.3 Å². The highest BCUT2D eigenvalue weighted by atomic mass is 19.4. The Morgan fingerprint density at radius 2 is 1.69 bits per heavy atom. The van der Waals surface area contributed by atoms with Crippen molar-refractivity contribution in [1.29, 1.82) is 0 Å². The van der Waals surface area contributed by atoms with Gasteiger partial charge in [0, 0.05) is 17.2 Å². The van der Waals surface area contributed by atoms with Gasteiger partial charge in [0.25, 0.3) is 0 Å². The van der Waals surface area contributed by atoms with Crippen molar-refractivity contribution in [3.05, 3.63) is 59.6 Å². The highest BCUT2D eigenvalue weighted by molar-refractivity contribution is 5.90. The quantitative estimate of drug-likeness (QED) is 0.513. The number of nitrogens with zero attached hydrogens (tertiary/aromatic N) is 3. The molecule has 6 nitrogen and oxygen atoms in total. The molecule has 2 heterocycles. The van der Waals surface area contributed by atoms with Gasteiger partial charge in [0.1, 0.15) is 6.33 Å². The van der Waals surface area contributed by atoms with E-state index in [1.807, 2.05) is 0 Å².